The molecule has 0 radical (unpaired) electrons. The summed E-state index contributed by atoms with van der Waals surface area (Å²) in [5, 5.41) is 0. The Morgan fingerprint density at radius 1 is 1.50 bits per heavy atom. The molecule has 0 unspecified atom stereocenters. The Morgan fingerprint density at radius 2 is 2.20 bits per heavy atom. The van der Waals surface area contributed by atoms with Gasteiger partial charge < -0.3 is 0 Å². The van der Waals surface area contributed by atoms with E-state index in [1.807, 2.05) is 12.1 Å². The molecule has 0 amide bonds. The monoisotopic (exact) mass is 330 g/mol. The summed E-state index contributed by atoms with van der Waals surface area (Å²) in [4.78, 5) is 0. The maximum Gasteiger partial charge on any atom is 0.0474 e. The van der Waals surface area contributed by atoms with Gasteiger partial charge in [-0.2, -0.15) is 0 Å². The molecule has 0 saturated carbocycles. The number of rotatable bonds is 1. The molecule has 0 nitrogen and oxygen atoms in total. The average Bonchev–Trinajstić information content (AvgIpc) is 1.95. The van der Waals surface area contributed by atoms with Crippen molar-refractivity contribution in [3.8, 4) is 0 Å². The standard InChI is InChI=1S/C7H5BrClI/c8-6-2-1-5(4-9)3-7(6)10/h1-3H,4H2. The zero-order valence-corrected chi connectivity index (χ0v) is 9.57. The van der Waals surface area contributed by atoms with Crippen LogP contribution in [0, 0.1) is 3.57 Å². The normalized spacial score (nSPS) is 9.90. The Hall–Kier alpha value is 0.720. The Balaban J connectivity index is 3.04. The molecule has 0 spiro atoms. The fraction of sp³-hybridized carbons (Fsp3) is 0.143. The molecule has 0 fully saturated rings. The Bertz CT molecular complexity index is 237. The quantitative estimate of drug-likeness (QED) is 0.542. The molecular formula is C7H5BrClI. The van der Waals surface area contributed by atoms with Crippen molar-refractivity contribution in [3.05, 3.63) is 31.8 Å². The lowest BCUT2D eigenvalue weighted by molar-refractivity contribution is 1.37. The van der Waals surface area contributed by atoms with E-state index in [0.717, 1.165) is 10.0 Å². The first-order valence-electron chi connectivity index (χ1n) is 2.74. The number of hydrogen-bond acceptors (Lipinski definition) is 0. The zero-order valence-electron chi connectivity index (χ0n) is 5.07. The van der Waals surface area contributed by atoms with Gasteiger partial charge in [-0.25, -0.2) is 0 Å². The van der Waals surface area contributed by atoms with Gasteiger partial charge in [0.25, 0.3) is 0 Å². The molecule has 0 aliphatic heterocycles. The minimum Gasteiger partial charge on any atom is -0.122 e. The van der Waals surface area contributed by atoms with Gasteiger partial charge in [-0.3, -0.25) is 0 Å². The summed E-state index contributed by atoms with van der Waals surface area (Å²) < 4.78 is 2.33. The number of alkyl halides is 1. The van der Waals surface area contributed by atoms with Crippen molar-refractivity contribution < 1.29 is 0 Å². The number of halogens is 3. The van der Waals surface area contributed by atoms with E-state index in [9.17, 15) is 0 Å². The highest BCUT2D eigenvalue weighted by atomic mass is 127. The molecule has 0 bridgehead atoms. The summed E-state index contributed by atoms with van der Waals surface area (Å²) in [5.41, 5.74) is 1.16. The van der Waals surface area contributed by atoms with Gasteiger partial charge in [0, 0.05) is 13.9 Å². The largest absolute Gasteiger partial charge is 0.122 e. The molecule has 1 aromatic rings. The van der Waals surface area contributed by atoms with E-state index < -0.39 is 0 Å². The van der Waals surface area contributed by atoms with E-state index in [2.05, 4.69) is 44.6 Å². The molecule has 54 valence electrons. The highest BCUT2D eigenvalue weighted by molar-refractivity contribution is 14.1. The molecule has 10 heavy (non-hydrogen) atoms. The highest BCUT2D eigenvalue weighted by Gasteiger charge is 1.95. The molecule has 1 aromatic carbocycles. The van der Waals surface area contributed by atoms with E-state index in [-0.39, 0.29) is 0 Å². The first-order valence-corrected chi connectivity index (χ1v) is 5.14. The average molecular weight is 331 g/mol. The van der Waals surface area contributed by atoms with Crippen LogP contribution in [0.25, 0.3) is 0 Å². The van der Waals surface area contributed by atoms with Gasteiger partial charge in [0.2, 0.25) is 0 Å². The van der Waals surface area contributed by atoms with Crippen LogP contribution in [0.1, 0.15) is 5.56 Å². The molecular weight excluding hydrogens is 326 g/mol. The number of hydrogen-bond donors (Lipinski definition) is 0. The molecule has 0 aromatic heterocycles. The van der Waals surface area contributed by atoms with Crippen molar-refractivity contribution in [2.24, 2.45) is 0 Å². The van der Waals surface area contributed by atoms with Crippen LogP contribution in [0.4, 0.5) is 0 Å². The molecule has 1 rings (SSSR count). The summed E-state index contributed by atoms with van der Waals surface area (Å²) in [6.07, 6.45) is 0. The topological polar surface area (TPSA) is 0 Å². The van der Waals surface area contributed by atoms with E-state index in [4.69, 9.17) is 11.6 Å². The lowest BCUT2D eigenvalue weighted by atomic mass is 10.2. The Labute approximate surface area is 87.2 Å². The first-order chi connectivity index (χ1) is 4.74. The van der Waals surface area contributed by atoms with Crippen molar-refractivity contribution >= 4 is 50.1 Å². The van der Waals surface area contributed by atoms with Crippen LogP contribution in [-0.2, 0) is 5.88 Å². The maximum absolute atomic E-state index is 5.63. The summed E-state index contributed by atoms with van der Waals surface area (Å²) in [5.74, 6) is 0.587. The van der Waals surface area contributed by atoms with Crippen molar-refractivity contribution in [1.29, 1.82) is 0 Å². The van der Waals surface area contributed by atoms with Gasteiger partial charge in [0.15, 0.2) is 0 Å². The van der Waals surface area contributed by atoms with E-state index in [1.54, 1.807) is 0 Å². The van der Waals surface area contributed by atoms with Crippen LogP contribution in [0.5, 0.6) is 0 Å². The van der Waals surface area contributed by atoms with Crippen LogP contribution in [0.3, 0.4) is 0 Å². The van der Waals surface area contributed by atoms with E-state index in [1.165, 1.54) is 3.57 Å². The molecule has 0 atom stereocenters. The van der Waals surface area contributed by atoms with Crippen LogP contribution in [0.15, 0.2) is 22.7 Å². The summed E-state index contributed by atoms with van der Waals surface area (Å²) in [6, 6.07) is 6.09. The lowest BCUT2D eigenvalue weighted by Gasteiger charge is -1.97. The van der Waals surface area contributed by atoms with Gasteiger partial charge in [0.05, 0.1) is 0 Å². The molecule has 0 N–H and O–H groups in total. The fourth-order valence-electron chi connectivity index (χ4n) is 0.623. The van der Waals surface area contributed by atoms with Crippen LogP contribution < -0.4 is 0 Å². The van der Waals surface area contributed by atoms with Gasteiger partial charge in [-0.15, -0.1) is 11.6 Å². The molecule has 3 heteroatoms. The minimum absolute atomic E-state index is 0.587. The maximum atomic E-state index is 5.63. The van der Waals surface area contributed by atoms with Crippen molar-refractivity contribution in [1.82, 2.24) is 0 Å². The Kier molecular flexibility index (Phi) is 3.46. The van der Waals surface area contributed by atoms with Gasteiger partial charge >= 0.3 is 0 Å². The summed E-state index contributed by atoms with van der Waals surface area (Å²) >= 11 is 11.3. The smallest absolute Gasteiger partial charge is 0.0474 e. The van der Waals surface area contributed by atoms with Crippen LogP contribution >= 0.6 is 50.1 Å². The Morgan fingerprint density at radius 3 is 2.70 bits per heavy atom. The predicted molar refractivity (Wildman–Crippen MR) is 56.4 cm³/mol. The second-order valence-electron chi connectivity index (χ2n) is 1.88. The van der Waals surface area contributed by atoms with E-state index >= 15 is 0 Å². The minimum atomic E-state index is 0.587. The lowest BCUT2D eigenvalue weighted by Crippen LogP contribution is -1.79. The van der Waals surface area contributed by atoms with E-state index in [0.29, 0.717) is 5.88 Å². The van der Waals surface area contributed by atoms with Crippen LogP contribution in [-0.4, -0.2) is 0 Å². The third-order valence-electron chi connectivity index (χ3n) is 1.14. The molecule has 0 saturated heterocycles. The van der Waals surface area contributed by atoms with Crippen molar-refractivity contribution in [2.75, 3.05) is 0 Å². The van der Waals surface area contributed by atoms with Gasteiger partial charge in [0.1, 0.15) is 0 Å². The van der Waals surface area contributed by atoms with Crippen molar-refractivity contribution in [3.63, 3.8) is 0 Å². The van der Waals surface area contributed by atoms with Gasteiger partial charge in [-0.05, 0) is 56.2 Å². The third-order valence-corrected chi connectivity index (χ3v) is 3.77. The number of benzene rings is 1. The fourth-order valence-corrected chi connectivity index (χ4v) is 1.62. The summed E-state index contributed by atoms with van der Waals surface area (Å²) in [7, 11) is 0. The molecule has 0 heterocycles. The van der Waals surface area contributed by atoms with Gasteiger partial charge in [-0.1, -0.05) is 6.07 Å². The SMILES string of the molecule is ClCc1ccc(Br)c(I)c1. The molecule has 0 aliphatic rings. The second kappa shape index (κ2) is 3.93. The van der Waals surface area contributed by atoms with Crippen LogP contribution in [0.2, 0.25) is 0 Å². The summed E-state index contributed by atoms with van der Waals surface area (Å²) in [6.45, 7) is 0. The zero-order chi connectivity index (χ0) is 7.56. The molecule has 0 aliphatic carbocycles. The first kappa shape index (κ1) is 8.81. The third kappa shape index (κ3) is 2.10. The highest BCUT2D eigenvalue weighted by Crippen LogP contribution is 2.20. The second-order valence-corrected chi connectivity index (χ2v) is 4.17. The predicted octanol–water partition coefficient (Wildman–Crippen LogP) is 3.79. The van der Waals surface area contributed by atoms with Crippen molar-refractivity contribution in [2.45, 2.75) is 5.88 Å².